The number of hydrogen-bond donors (Lipinski definition) is 3. The lowest BCUT2D eigenvalue weighted by Crippen LogP contribution is -2.55. The van der Waals surface area contributed by atoms with E-state index in [0.717, 1.165) is 32.5 Å². The van der Waals surface area contributed by atoms with Crippen molar-refractivity contribution in [3.8, 4) is 6.07 Å². The molecule has 1 spiro atoms. The Morgan fingerprint density at radius 2 is 2.24 bits per heavy atom. The van der Waals surface area contributed by atoms with Crippen LogP contribution in [0.3, 0.4) is 0 Å². The third-order valence-corrected chi connectivity index (χ3v) is 6.14. The van der Waals surface area contributed by atoms with E-state index in [2.05, 4.69) is 36.5 Å². The first-order valence-corrected chi connectivity index (χ1v) is 10.1. The van der Waals surface area contributed by atoms with E-state index in [9.17, 15) is 10.1 Å². The van der Waals surface area contributed by atoms with Gasteiger partial charge in [-0.05, 0) is 31.6 Å². The van der Waals surface area contributed by atoms with Crippen LogP contribution in [0.4, 0.5) is 10.6 Å². The number of rotatable bonds is 6. The van der Waals surface area contributed by atoms with Crippen molar-refractivity contribution in [1.82, 2.24) is 25.5 Å². The minimum absolute atomic E-state index is 0.0682. The molecular weight excluding hydrogens is 368 g/mol. The van der Waals surface area contributed by atoms with Gasteiger partial charge in [-0.3, -0.25) is 0 Å². The molecule has 0 unspecified atom stereocenters. The van der Waals surface area contributed by atoms with Gasteiger partial charge >= 0.3 is 6.03 Å². The Kier molecular flexibility index (Phi) is 5.09. The Hall–Kier alpha value is -3.15. The fourth-order valence-electron chi connectivity index (χ4n) is 4.23. The van der Waals surface area contributed by atoms with Gasteiger partial charge in [0.25, 0.3) is 0 Å². The van der Waals surface area contributed by atoms with Gasteiger partial charge in [0, 0.05) is 51.2 Å². The molecule has 3 fully saturated rings. The largest absolute Gasteiger partial charge is 0.393 e. The molecule has 1 aromatic heterocycles. The van der Waals surface area contributed by atoms with Gasteiger partial charge in [-0.2, -0.15) is 5.26 Å². The Balaban J connectivity index is 1.53. The van der Waals surface area contributed by atoms with Crippen LogP contribution >= 0.6 is 0 Å². The van der Waals surface area contributed by atoms with E-state index in [1.54, 1.807) is 19.4 Å². The molecule has 9 nitrogen and oxygen atoms in total. The number of carbonyl (C=O) groups excluding carboxylic acids is 1. The van der Waals surface area contributed by atoms with Gasteiger partial charge < -0.3 is 25.8 Å². The second-order valence-corrected chi connectivity index (χ2v) is 7.99. The second kappa shape index (κ2) is 7.70. The highest BCUT2D eigenvalue weighted by atomic mass is 16.2. The van der Waals surface area contributed by atoms with Gasteiger partial charge in [0.05, 0.1) is 11.7 Å². The Labute approximate surface area is 170 Å². The molecule has 3 heterocycles. The molecule has 0 atom stereocenters. The summed E-state index contributed by atoms with van der Waals surface area (Å²) in [6, 6.07) is 2.12. The first-order chi connectivity index (χ1) is 14.1. The standard InChI is InChI=1S/C20H26N8O/c1-23-10-15(8-21)18-16(9-22)24-11-17(26-18)27-6-4-20(5-7-27)13-25-19(29)28(20)12-14-2-3-14/h8,10-11,14,21,23H,2-7,12-13H2,1H3,(H,25,29)/b15-10+,21-8?. The highest BCUT2D eigenvalue weighted by Crippen LogP contribution is 2.38. The number of urea groups is 1. The maximum Gasteiger partial charge on any atom is 0.318 e. The zero-order valence-corrected chi connectivity index (χ0v) is 16.6. The number of piperidine rings is 1. The van der Waals surface area contributed by atoms with Crippen LogP contribution in [-0.4, -0.2) is 65.9 Å². The molecule has 9 heteroatoms. The smallest absolute Gasteiger partial charge is 0.318 e. The van der Waals surface area contributed by atoms with Gasteiger partial charge in [-0.1, -0.05) is 0 Å². The van der Waals surface area contributed by atoms with Crippen LogP contribution in [0.2, 0.25) is 0 Å². The molecule has 1 aromatic rings. The van der Waals surface area contributed by atoms with Crippen molar-refractivity contribution in [3.05, 3.63) is 23.8 Å². The summed E-state index contributed by atoms with van der Waals surface area (Å²) in [6.45, 7) is 3.11. The summed E-state index contributed by atoms with van der Waals surface area (Å²) in [5.41, 5.74) is 1.01. The normalized spacial score (nSPS) is 21.1. The molecule has 0 aromatic carbocycles. The quantitative estimate of drug-likeness (QED) is 0.626. The van der Waals surface area contributed by atoms with Crippen molar-refractivity contribution in [3.63, 3.8) is 0 Å². The van der Waals surface area contributed by atoms with Gasteiger partial charge in [-0.15, -0.1) is 0 Å². The first-order valence-electron chi connectivity index (χ1n) is 10.1. The van der Waals surface area contributed by atoms with Crippen molar-refractivity contribution in [2.45, 2.75) is 31.2 Å². The van der Waals surface area contributed by atoms with E-state index < -0.39 is 0 Å². The summed E-state index contributed by atoms with van der Waals surface area (Å²) in [4.78, 5) is 25.5. The molecule has 0 bridgehead atoms. The highest BCUT2D eigenvalue weighted by Gasteiger charge is 2.48. The van der Waals surface area contributed by atoms with Gasteiger partial charge in [0.2, 0.25) is 0 Å². The third-order valence-electron chi connectivity index (χ3n) is 6.14. The first kappa shape index (κ1) is 19.2. The maximum absolute atomic E-state index is 12.4. The minimum Gasteiger partial charge on any atom is -0.393 e. The van der Waals surface area contributed by atoms with Gasteiger partial charge in [0.1, 0.15) is 17.6 Å². The number of aromatic nitrogens is 2. The summed E-state index contributed by atoms with van der Waals surface area (Å²) in [6.07, 6.45) is 8.63. The van der Waals surface area contributed by atoms with Crippen LogP contribution in [0.25, 0.3) is 5.57 Å². The van der Waals surface area contributed by atoms with E-state index in [1.165, 1.54) is 19.1 Å². The zero-order chi connectivity index (χ0) is 20.4. The molecule has 2 saturated heterocycles. The summed E-state index contributed by atoms with van der Waals surface area (Å²) in [7, 11) is 1.74. The zero-order valence-electron chi connectivity index (χ0n) is 16.6. The predicted octanol–water partition coefficient (Wildman–Crippen LogP) is 1.33. The number of anilines is 1. The topological polar surface area (TPSA) is 121 Å². The number of nitrogens with zero attached hydrogens (tertiary/aromatic N) is 5. The van der Waals surface area contributed by atoms with Crippen molar-refractivity contribution in [2.75, 3.05) is 38.1 Å². The van der Waals surface area contributed by atoms with Crippen molar-refractivity contribution in [2.24, 2.45) is 5.92 Å². The molecule has 3 aliphatic rings. The Morgan fingerprint density at radius 1 is 1.48 bits per heavy atom. The molecule has 152 valence electrons. The second-order valence-electron chi connectivity index (χ2n) is 7.99. The Morgan fingerprint density at radius 3 is 2.86 bits per heavy atom. The molecule has 1 saturated carbocycles. The van der Waals surface area contributed by atoms with Crippen LogP contribution in [-0.2, 0) is 0 Å². The molecule has 1 aliphatic carbocycles. The summed E-state index contributed by atoms with van der Waals surface area (Å²) in [5, 5.41) is 22.9. The van der Waals surface area contributed by atoms with Crippen LogP contribution in [0.15, 0.2) is 12.4 Å². The predicted molar refractivity (Wildman–Crippen MR) is 110 cm³/mol. The van der Waals surface area contributed by atoms with Gasteiger partial charge in [-0.25, -0.2) is 14.8 Å². The van der Waals surface area contributed by atoms with Crippen LogP contribution < -0.4 is 15.5 Å². The number of nitrogens with one attached hydrogen (secondary N) is 3. The molecular formula is C20H26N8O. The van der Waals surface area contributed by atoms with Crippen molar-refractivity contribution in [1.29, 1.82) is 10.7 Å². The number of amides is 2. The monoisotopic (exact) mass is 394 g/mol. The van der Waals surface area contributed by atoms with E-state index >= 15 is 0 Å². The number of nitriles is 1. The summed E-state index contributed by atoms with van der Waals surface area (Å²) in [5.74, 6) is 1.36. The molecule has 2 aliphatic heterocycles. The number of carbonyl (C=O) groups is 1. The van der Waals surface area contributed by atoms with Crippen molar-refractivity contribution >= 4 is 23.6 Å². The van der Waals surface area contributed by atoms with Crippen LogP contribution in [0.1, 0.15) is 37.1 Å². The molecule has 29 heavy (non-hydrogen) atoms. The van der Waals surface area contributed by atoms with E-state index in [4.69, 9.17) is 5.41 Å². The minimum atomic E-state index is -0.106. The lowest BCUT2D eigenvalue weighted by molar-refractivity contribution is 0.127. The van der Waals surface area contributed by atoms with Crippen molar-refractivity contribution < 1.29 is 4.79 Å². The molecule has 4 rings (SSSR count). The van der Waals surface area contributed by atoms with E-state index in [-0.39, 0.29) is 17.3 Å². The van der Waals surface area contributed by atoms with Crippen LogP contribution in [0, 0.1) is 22.7 Å². The average molecular weight is 394 g/mol. The third kappa shape index (κ3) is 3.62. The highest BCUT2D eigenvalue weighted by molar-refractivity contribution is 6.08. The van der Waals surface area contributed by atoms with E-state index in [0.29, 0.717) is 29.5 Å². The van der Waals surface area contributed by atoms with E-state index in [1.807, 2.05) is 0 Å². The average Bonchev–Trinajstić information content (AvgIpc) is 3.53. The molecule has 3 N–H and O–H groups in total. The fraction of sp³-hybridized carbons (Fsp3) is 0.550. The SMILES string of the molecule is CN/C=C(\C=N)c1nc(N2CCC3(CC2)CNC(=O)N3CC2CC2)cnc1C#N. The molecule has 2 amide bonds. The number of allylic oxidation sites excluding steroid dienone is 1. The van der Waals surface area contributed by atoms with Gasteiger partial charge in [0.15, 0.2) is 5.69 Å². The lowest BCUT2D eigenvalue weighted by Gasteiger charge is -2.44. The van der Waals surface area contributed by atoms with Crippen LogP contribution in [0.5, 0.6) is 0 Å². The molecule has 0 radical (unpaired) electrons. The lowest BCUT2D eigenvalue weighted by atomic mass is 9.86. The maximum atomic E-state index is 12.4. The summed E-state index contributed by atoms with van der Waals surface area (Å²) < 4.78 is 0. The fourth-order valence-corrected chi connectivity index (χ4v) is 4.23. The summed E-state index contributed by atoms with van der Waals surface area (Å²) >= 11 is 0. The number of hydrogen-bond acceptors (Lipinski definition) is 7. The Bertz CT molecular complexity index is 877.